The lowest BCUT2D eigenvalue weighted by molar-refractivity contribution is -0.193. The number of hydrazone groups is 1. The van der Waals surface area contributed by atoms with E-state index in [0.29, 0.717) is 17.5 Å². The smallest absolute Gasteiger partial charge is 0.475 e. The van der Waals surface area contributed by atoms with Crippen LogP contribution < -0.4 is 16.5 Å². The van der Waals surface area contributed by atoms with Crippen LogP contribution in [0.4, 0.5) is 32.0 Å². The number of nitrogens with two attached hydrogens (primary N) is 1. The van der Waals surface area contributed by atoms with Crippen LogP contribution in [0.25, 0.3) is 10.8 Å². The number of aliphatic carboxylic acids is 2. The molecule has 0 aliphatic carbocycles. The topological polar surface area (TPSA) is 154 Å². The molecule has 0 fully saturated rings. The van der Waals surface area contributed by atoms with Crippen LogP contribution in [0, 0.1) is 5.92 Å². The summed E-state index contributed by atoms with van der Waals surface area (Å²) in [6.45, 7) is 5.48. The Morgan fingerprint density at radius 3 is 2.07 bits per heavy atom. The van der Waals surface area contributed by atoms with Crippen LogP contribution in [0.2, 0.25) is 0 Å². The molecule has 0 saturated carbocycles. The third kappa shape index (κ3) is 10.9. The lowest BCUT2D eigenvalue weighted by atomic mass is 9.89. The van der Waals surface area contributed by atoms with Gasteiger partial charge in [0.15, 0.2) is 0 Å². The predicted octanol–water partition coefficient (Wildman–Crippen LogP) is 5.88. The number of benzene rings is 3. The van der Waals surface area contributed by atoms with Gasteiger partial charge in [0.2, 0.25) is 0 Å². The van der Waals surface area contributed by atoms with Gasteiger partial charge in [-0.1, -0.05) is 38.1 Å². The molecule has 9 nitrogen and oxygen atoms in total. The van der Waals surface area contributed by atoms with Crippen molar-refractivity contribution in [3.8, 4) is 0 Å². The number of amides is 1. The first-order chi connectivity index (χ1) is 20.4. The summed E-state index contributed by atoms with van der Waals surface area (Å²) in [6, 6.07) is 18.3. The maximum Gasteiger partial charge on any atom is 0.490 e. The van der Waals surface area contributed by atoms with Crippen molar-refractivity contribution in [2.24, 2.45) is 16.9 Å². The van der Waals surface area contributed by atoms with Crippen LogP contribution in [0.3, 0.4) is 0 Å². The van der Waals surface area contributed by atoms with E-state index in [4.69, 9.17) is 25.6 Å². The highest BCUT2D eigenvalue weighted by Gasteiger charge is 2.38. The van der Waals surface area contributed by atoms with Crippen LogP contribution in [-0.2, 0) is 16.0 Å². The average molecular weight is 629 g/mol. The Labute approximate surface area is 247 Å². The van der Waals surface area contributed by atoms with Crippen molar-refractivity contribution in [3.05, 3.63) is 76.9 Å². The molecule has 1 amide bonds. The van der Waals surface area contributed by atoms with E-state index in [1.165, 1.54) is 11.1 Å². The number of halogens is 6. The zero-order valence-corrected chi connectivity index (χ0v) is 23.5. The predicted molar refractivity (Wildman–Crippen MR) is 151 cm³/mol. The number of nitrogens with one attached hydrogen (secondary N) is 2. The third-order valence-electron chi connectivity index (χ3n) is 6.10. The van der Waals surface area contributed by atoms with Crippen molar-refractivity contribution in [3.63, 3.8) is 0 Å². The number of fused-ring (bicyclic) bond motifs is 2. The molecule has 0 radical (unpaired) electrons. The average Bonchev–Trinajstić information content (AvgIpc) is 2.92. The summed E-state index contributed by atoms with van der Waals surface area (Å²) in [5, 5.41) is 26.5. The van der Waals surface area contributed by atoms with Crippen molar-refractivity contribution >= 4 is 40.5 Å². The Balaban J connectivity index is 0.000000402. The third-order valence-corrected chi connectivity index (χ3v) is 6.10. The first kappa shape index (κ1) is 35.5. The number of anilines is 1. The van der Waals surface area contributed by atoms with E-state index >= 15 is 0 Å². The Bertz CT molecular complexity index is 1480. The number of carbonyl (C=O) groups excluding carboxylic acids is 1. The molecule has 1 atom stereocenters. The second-order valence-electron chi connectivity index (χ2n) is 9.96. The van der Waals surface area contributed by atoms with Gasteiger partial charge in [-0.3, -0.25) is 4.79 Å². The maximum absolute atomic E-state index is 12.8. The molecule has 238 valence electrons. The van der Waals surface area contributed by atoms with Crippen LogP contribution in [-0.4, -0.2) is 53.2 Å². The summed E-state index contributed by atoms with van der Waals surface area (Å²) >= 11 is 0. The molecule has 0 aromatic heterocycles. The van der Waals surface area contributed by atoms with E-state index in [1.807, 2.05) is 42.5 Å². The quantitative estimate of drug-likeness (QED) is 0.102. The van der Waals surface area contributed by atoms with Gasteiger partial charge in [0.1, 0.15) is 0 Å². The van der Waals surface area contributed by atoms with E-state index in [9.17, 15) is 31.1 Å². The molecule has 1 aliphatic heterocycles. The zero-order valence-electron chi connectivity index (χ0n) is 23.5. The van der Waals surface area contributed by atoms with E-state index in [2.05, 4.69) is 41.7 Å². The summed E-state index contributed by atoms with van der Waals surface area (Å²) in [7, 11) is 0. The summed E-state index contributed by atoms with van der Waals surface area (Å²) in [5.74, 6) is 0.250. The standard InChI is InChI=1S/C25H28N4O.2C2HF3O2/c1-16(2)11-24-23-8-7-22(14-20(23)9-10-27-24)29-25(30)21-6-5-18-12-17(15-28-26)3-4-19(18)13-21;2*3-2(4,5)1(6)7/h3-8,12-16,24,27H,9-11,26H2,1-2H3,(H,29,30);2*(H,6,7). The molecule has 0 saturated heterocycles. The van der Waals surface area contributed by atoms with E-state index in [-0.39, 0.29) is 5.91 Å². The molecule has 15 heteroatoms. The number of carbonyl (C=O) groups is 3. The number of hydrogen-bond donors (Lipinski definition) is 5. The van der Waals surface area contributed by atoms with Crippen molar-refractivity contribution in [2.75, 3.05) is 11.9 Å². The molecular weight excluding hydrogens is 598 g/mol. The van der Waals surface area contributed by atoms with Crippen molar-refractivity contribution in [2.45, 2.75) is 45.1 Å². The minimum absolute atomic E-state index is 0.0999. The molecule has 44 heavy (non-hydrogen) atoms. The lowest BCUT2D eigenvalue weighted by Crippen LogP contribution is -2.30. The summed E-state index contributed by atoms with van der Waals surface area (Å²) in [4.78, 5) is 30.6. The molecule has 1 aliphatic rings. The summed E-state index contributed by atoms with van der Waals surface area (Å²) < 4.78 is 63.5. The summed E-state index contributed by atoms with van der Waals surface area (Å²) in [6.07, 6.45) is -6.45. The highest BCUT2D eigenvalue weighted by atomic mass is 19.4. The number of nitrogens with zero attached hydrogens (tertiary/aromatic N) is 1. The monoisotopic (exact) mass is 628 g/mol. The number of carboxylic acids is 2. The molecule has 1 unspecified atom stereocenters. The molecule has 3 aromatic rings. The Morgan fingerprint density at radius 1 is 0.955 bits per heavy atom. The van der Waals surface area contributed by atoms with Crippen LogP contribution in [0.1, 0.15) is 53.4 Å². The Hall–Kier alpha value is -4.66. The van der Waals surface area contributed by atoms with Gasteiger partial charge in [0, 0.05) is 17.3 Å². The van der Waals surface area contributed by atoms with Gasteiger partial charge in [0.05, 0.1) is 6.21 Å². The van der Waals surface area contributed by atoms with Crippen molar-refractivity contribution < 1.29 is 50.9 Å². The Morgan fingerprint density at radius 2 is 1.52 bits per heavy atom. The maximum atomic E-state index is 12.8. The highest BCUT2D eigenvalue weighted by molar-refractivity contribution is 6.06. The molecular formula is C29H30F6N4O5. The van der Waals surface area contributed by atoms with Gasteiger partial charge >= 0.3 is 24.3 Å². The fourth-order valence-corrected chi connectivity index (χ4v) is 4.19. The largest absolute Gasteiger partial charge is 0.490 e. The van der Waals surface area contributed by atoms with Crippen molar-refractivity contribution in [1.82, 2.24) is 5.32 Å². The number of carboxylic acid groups (broad SMARTS) is 2. The normalized spacial score (nSPS) is 14.6. The fraction of sp³-hybridized carbons (Fsp3) is 0.310. The fourth-order valence-electron chi connectivity index (χ4n) is 4.19. The number of alkyl halides is 6. The lowest BCUT2D eigenvalue weighted by Gasteiger charge is -2.28. The van der Waals surface area contributed by atoms with Crippen LogP contribution >= 0.6 is 0 Å². The van der Waals surface area contributed by atoms with Crippen LogP contribution in [0.15, 0.2) is 59.7 Å². The molecule has 4 rings (SSSR count). The molecule has 1 heterocycles. The minimum Gasteiger partial charge on any atom is -0.475 e. The SMILES string of the molecule is CC(C)CC1NCCc2cc(NC(=O)c3ccc4cc(C=NN)ccc4c3)ccc21.O=C(O)C(F)(F)F.O=C(O)C(F)(F)F. The Kier molecular flexibility index (Phi) is 12.3. The van der Waals surface area contributed by atoms with Gasteiger partial charge in [-0.25, -0.2) is 9.59 Å². The molecule has 0 bridgehead atoms. The van der Waals surface area contributed by atoms with Crippen LogP contribution in [0.5, 0.6) is 0 Å². The second kappa shape index (κ2) is 15.2. The van der Waals surface area contributed by atoms with Gasteiger partial charge in [-0.05, 0) is 83.1 Å². The summed E-state index contributed by atoms with van der Waals surface area (Å²) in [5.41, 5.74) is 5.10. The second-order valence-corrected chi connectivity index (χ2v) is 9.96. The minimum atomic E-state index is -5.08. The molecule has 0 spiro atoms. The highest BCUT2D eigenvalue weighted by Crippen LogP contribution is 2.30. The molecule has 6 N–H and O–H groups in total. The zero-order chi connectivity index (χ0) is 33.2. The first-order valence-corrected chi connectivity index (χ1v) is 13.0. The van der Waals surface area contributed by atoms with Crippen molar-refractivity contribution in [1.29, 1.82) is 0 Å². The number of hydrogen-bond acceptors (Lipinski definition) is 6. The van der Waals surface area contributed by atoms with E-state index < -0.39 is 24.3 Å². The number of rotatable bonds is 5. The van der Waals surface area contributed by atoms with E-state index in [0.717, 1.165) is 41.4 Å². The van der Waals surface area contributed by atoms with Gasteiger partial charge in [-0.2, -0.15) is 31.4 Å². The van der Waals surface area contributed by atoms with Gasteiger partial charge in [-0.15, -0.1) is 0 Å². The first-order valence-electron chi connectivity index (χ1n) is 13.0. The molecule has 3 aromatic carbocycles. The van der Waals surface area contributed by atoms with E-state index in [1.54, 1.807) is 6.21 Å². The van der Waals surface area contributed by atoms with Gasteiger partial charge < -0.3 is 26.7 Å². The van der Waals surface area contributed by atoms with Gasteiger partial charge in [0.25, 0.3) is 5.91 Å².